The number of aromatic amines is 1. The molecule has 3 heterocycles. The van der Waals surface area contributed by atoms with E-state index in [2.05, 4.69) is 10.1 Å². The predicted octanol–water partition coefficient (Wildman–Crippen LogP) is 4.64. The smallest absolute Gasteiger partial charge is 0.258 e. The molecule has 5 nitrogen and oxygen atoms in total. The lowest BCUT2D eigenvalue weighted by Gasteiger charge is -2.21. The third-order valence-electron chi connectivity index (χ3n) is 4.91. The number of carbonyl (C=O) groups excluding carboxylic acids is 1. The zero-order valence-corrected chi connectivity index (χ0v) is 16.5. The van der Waals surface area contributed by atoms with Gasteiger partial charge in [-0.25, -0.2) is 5.01 Å². The van der Waals surface area contributed by atoms with Crippen LogP contribution in [0.5, 0.6) is 0 Å². The molecule has 1 N–H and O–H groups in total. The summed E-state index contributed by atoms with van der Waals surface area (Å²) >= 11 is 7.50. The number of carbonyl (C=O) groups is 1. The van der Waals surface area contributed by atoms with E-state index in [-0.39, 0.29) is 17.5 Å². The van der Waals surface area contributed by atoms with E-state index in [0.717, 1.165) is 21.3 Å². The number of aryl methyl sites for hydroxylation is 1. The summed E-state index contributed by atoms with van der Waals surface area (Å²) in [6.07, 6.45) is 0.840. The van der Waals surface area contributed by atoms with Crippen molar-refractivity contribution in [2.24, 2.45) is 5.10 Å². The van der Waals surface area contributed by atoms with Gasteiger partial charge in [0.1, 0.15) is 4.83 Å². The first-order chi connectivity index (χ1) is 13.0. The molecule has 0 aliphatic carbocycles. The van der Waals surface area contributed by atoms with E-state index < -0.39 is 0 Å². The van der Waals surface area contributed by atoms with Gasteiger partial charge in [0, 0.05) is 23.3 Å². The van der Waals surface area contributed by atoms with E-state index in [1.54, 1.807) is 12.1 Å². The van der Waals surface area contributed by atoms with Crippen molar-refractivity contribution < 1.29 is 4.79 Å². The molecular formula is C20H18ClN3O2S. The van der Waals surface area contributed by atoms with Gasteiger partial charge in [0.25, 0.3) is 5.56 Å². The van der Waals surface area contributed by atoms with E-state index >= 15 is 0 Å². The average Bonchev–Trinajstić information content (AvgIpc) is 3.29. The lowest BCUT2D eigenvalue weighted by Crippen LogP contribution is -2.26. The molecule has 0 spiro atoms. The number of halogens is 1. The van der Waals surface area contributed by atoms with E-state index in [1.165, 1.54) is 16.3 Å². The highest BCUT2D eigenvalue weighted by Crippen LogP contribution is 2.34. The Balaban J connectivity index is 1.81. The van der Waals surface area contributed by atoms with Crippen molar-refractivity contribution in [3.8, 4) is 0 Å². The second kappa shape index (κ2) is 6.94. The first-order valence-corrected chi connectivity index (χ1v) is 10.0. The molecule has 3 aromatic rings. The van der Waals surface area contributed by atoms with Crippen molar-refractivity contribution in [3.63, 3.8) is 0 Å². The molecule has 1 amide bonds. The standard InChI is InChI=1S/C20H18ClN3O2S/c1-3-17(25)24-16(12-4-6-13(21)7-5-12)10-15(23-24)18-11(2)14-8-9-27-20(14)22-19(18)26/h4-9,16H,3,10H2,1-2H3,(H,22,26)/t16-/m0/s1. The van der Waals surface area contributed by atoms with E-state index in [1.807, 2.05) is 37.4 Å². The van der Waals surface area contributed by atoms with Crippen LogP contribution in [0.2, 0.25) is 5.02 Å². The minimum absolute atomic E-state index is 0.0735. The summed E-state index contributed by atoms with van der Waals surface area (Å²) in [6, 6.07) is 9.18. The molecule has 7 heteroatoms. The summed E-state index contributed by atoms with van der Waals surface area (Å²) in [5.41, 5.74) is 2.89. The highest BCUT2D eigenvalue weighted by molar-refractivity contribution is 7.16. The van der Waals surface area contributed by atoms with Gasteiger partial charge in [-0.15, -0.1) is 11.3 Å². The number of H-pyrrole nitrogens is 1. The van der Waals surface area contributed by atoms with E-state index in [9.17, 15) is 9.59 Å². The van der Waals surface area contributed by atoms with Crippen LogP contribution in [0.3, 0.4) is 0 Å². The predicted molar refractivity (Wildman–Crippen MR) is 110 cm³/mol. The number of amides is 1. The molecule has 0 bridgehead atoms. The number of pyridine rings is 1. The molecule has 1 aliphatic heterocycles. The number of aromatic nitrogens is 1. The van der Waals surface area contributed by atoms with Crippen LogP contribution in [0.15, 0.2) is 45.6 Å². The molecule has 27 heavy (non-hydrogen) atoms. The van der Waals surface area contributed by atoms with Gasteiger partial charge in [0.15, 0.2) is 0 Å². The Labute approximate surface area is 165 Å². The van der Waals surface area contributed by atoms with Crippen molar-refractivity contribution in [1.29, 1.82) is 0 Å². The summed E-state index contributed by atoms with van der Waals surface area (Å²) in [5, 5.41) is 9.69. The first-order valence-electron chi connectivity index (χ1n) is 8.75. The minimum atomic E-state index is -0.235. The molecule has 1 aliphatic rings. The van der Waals surface area contributed by atoms with Crippen LogP contribution in [0.1, 0.15) is 42.5 Å². The van der Waals surface area contributed by atoms with Crippen LogP contribution < -0.4 is 5.56 Å². The summed E-state index contributed by atoms with van der Waals surface area (Å²) in [4.78, 5) is 29.0. The highest BCUT2D eigenvalue weighted by Gasteiger charge is 2.34. The number of rotatable bonds is 3. The van der Waals surface area contributed by atoms with Crippen molar-refractivity contribution in [3.05, 3.63) is 67.8 Å². The molecule has 1 aromatic carbocycles. The van der Waals surface area contributed by atoms with Crippen LogP contribution >= 0.6 is 22.9 Å². The number of fused-ring (bicyclic) bond motifs is 1. The Morgan fingerprint density at radius 2 is 2.07 bits per heavy atom. The van der Waals surface area contributed by atoms with E-state index in [0.29, 0.717) is 29.1 Å². The summed E-state index contributed by atoms with van der Waals surface area (Å²) in [7, 11) is 0. The fourth-order valence-corrected chi connectivity index (χ4v) is 4.48. The normalized spacial score (nSPS) is 16.8. The number of benzene rings is 1. The van der Waals surface area contributed by atoms with Crippen molar-refractivity contribution in [1.82, 2.24) is 9.99 Å². The lowest BCUT2D eigenvalue weighted by atomic mass is 9.96. The Hall–Kier alpha value is -2.44. The summed E-state index contributed by atoms with van der Waals surface area (Å²) in [5.74, 6) is -0.0735. The van der Waals surface area contributed by atoms with Gasteiger partial charge in [0.05, 0.1) is 17.3 Å². The second-order valence-electron chi connectivity index (χ2n) is 6.53. The fraction of sp³-hybridized carbons (Fsp3) is 0.250. The molecule has 0 saturated heterocycles. The van der Waals surface area contributed by atoms with Gasteiger partial charge < -0.3 is 4.98 Å². The molecule has 4 rings (SSSR count). The molecule has 2 aromatic heterocycles. The number of thiophene rings is 1. The number of hydrogen-bond donors (Lipinski definition) is 1. The van der Waals surface area contributed by atoms with Crippen LogP contribution in [-0.2, 0) is 4.79 Å². The van der Waals surface area contributed by atoms with Crippen molar-refractivity contribution in [2.75, 3.05) is 0 Å². The maximum Gasteiger partial charge on any atom is 0.258 e. The quantitative estimate of drug-likeness (QED) is 0.697. The minimum Gasteiger partial charge on any atom is -0.313 e. The zero-order chi connectivity index (χ0) is 19.1. The van der Waals surface area contributed by atoms with Crippen molar-refractivity contribution >= 4 is 44.8 Å². The molecule has 0 fully saturated rings. The Kier molecular flexibility index (Phi) is 4.61. The largest absolute Gasteiger partial charge is 0.313 e. The van der Waals surface area contributed by atoms with Crippen LogP contribution in [0, 0.1) is 6.92 Å². The fourth-order valence-electron chi connectivity index (χ4n) is 3.52. The maximum atomic E-state index is 12.7. The molecule has 0 radical (unpaired) electrons. The van der Waals surface area contributed by atoms with Gasteiger partial charge in [-0.05, 0) is 41.6 Å². The van der Waals surface area contributed by atoms with Crippen LogP contribution in [0.25, 0.3) is 10.2 Å². The summed E-state index contributed by atoms with van der Waals surface area (Å²) < 4.78 is 0. The molecular weight excluding hydrogens is 382 g/mol. The molecule has 0 saturated carbocycles. The number of nitrogens with zero attached hydrogens (tertiary/aromatic N) is 2. The number of hydrazone groups is 1. The Bertz CT molecular complexity index is 1110. The third kappa shape index (κ3) is 3.09. The summed E-state index contributed by atoms with van der Waals surface area (Å²) in [6.45, 7) is 3.74. The SMILES string of the molecule is CCC(=O)N1N=C(c2c(C)c3ccsc3[nH]c2=O)C[C@H]1c1ccc(Cl)cc1. The lowest BCUT2D eigenvalue weighted by molar-refractivity contribution is -0.132. The highest BCUT2D eigenvalue weighted by atomic mass is 35.5. The topological polar surface area (TPSA) is 65.5 Å². The molecule has 138 valence electrons. The maximum absolute atomic E-state index is 12.7. The van der Waals surface area contributed by atoms with Gasteiger partial charge in [-0.1, -0.05) is 30.7 Å². The van der Waals surface area contributed by atoms with Gasteiger partial charge >= 0.3 is 0 Å². The third-order valence-corrected chi connectivity index (χ3v) is 5.99. The zero-order valence-electron chi connectivity index (χ0n) is 15.0. The van der Waals surface area contributed by atoms with E-state index in [4.69, 9.17) is 11.6 Å². The first kappa shape index (κ1) is 17.9. The molecule has 1 atom stereocenters. The molecule has 0 unspecified atom stereocenters. The van der Waals surface area contributed by atoms with Gasteiger partial charge in [-0.2, -0.15) is 5.10 Å². The Morgan fingerprint density at radius 3 is 2.78 bits per heavy atom. The average molecular weight is 400 g/mol. The number of hydrogen-bond acceptors (Lipinski definition) is 4. The van der Waals surface area contributed by atoms with Gasteiger partial charge in [-0.3, -0.25) is 9.59 Å². The Morgan fingerprint density at radius 1 is 1.33 bits per heavy atom. The monoisotopic (exact) mass is 399 g/mol. The number of nitrogens with one attached hydrogen (secondary N) is 1. The van der Waals surface area contributed by atoms with Crippen LogP contribution in [0.4, 0.5) is 0 Å². The van der Waals surface area contributed by atoms with Crippen molar-refractivity contribution in [2.45, 2.75) is 32.7 Å². The second-order valence-corrected chi connectivity index (χ2v) is 7.88. The van der Waals surface area contributed by atoms with Crippen LogP contribution in [-0.4, -0.2) is 21.6 Å². The van der Waals surface area contributed by atoms with Gasteiger partial charge in [0.2, 0.25) is 5.91 Å².